The molecule has 2 aromatic heterocycles. The van der Waals surface area contributed by atoms with E-state index in [2.05, 4.69) is 20.6 Å². The zero-order valence-electron chi connectivity index (χ0n) is 15.0. The minimum Gasteiger partial charge on any atom is -0.457 e. The molecule has 0 spiro atoms. The maximum Gasteiger partial charge on any atom is 0.323 e. The predicted octanol–water partition coefficient (Wildman–Crippen LogP) is 4.50. The van der Waals surface area contributed by atoms with E-state index in [9.17, 15) is 14.0 Å². The van der Waals surface area contributed by atoms with Crippen LogP contribution in [0.5, 0.6) is 11.5 Å². The van der Waals surface area contributed by atoms with Crippen LogP contribution in [0.15, 0.2) is 77.7 Å². The third kappa shape index (κ3) is 4.38. The lowest BCUT2D eigenvalue weighted by Crippen LogP contribution is -2.19. The van der Waals surface area contributed by atoms with Gasteiger partial charge >= 0.3 is 6.03 Å². The first-order valence-corrected chi connectivity index (χ1v) is 8.66. The van der Waals surface area contributed by atoms with Crippen molar-refractivity contribution in [2.45, 2.75) is 0 Å². The Kier molecular flexibility index (Phi) is 4.90. The maximum atomic E-state index is 12.9. The van der Waals surface area contributed by atoms with Crippen molar-refractivity contribution < 1.29 is 13.9 Å². The molecule has 0 aliphatic rings. The molecule has 0 fully saturated rings. The number of fused-ring (bicyclic) bond motifs is 1. The number of nitrogens with zero attached hydrogens (tertiary/aromatic N) is 1. The first-order valence-electron chi connectivity index (χ1n) is 8.66. The number of halogens is 1. The Hall–Kier alpha value is -4.20. The second kappa shape index (κ2) is 7.81. The first kappa shape index (κ1) is 18.2. The summed E-state index contributed by atoms with van der Waals surface area (Å²) in [5, 5.41) is 5.97. The third-order valence-corrected chi connectivity index (χ3v) is 4.04. The molecule has 0 saturated carbocycles. The molecule has 3 N–H and O–H groups in total. The topological polar surface area (TPSA) is 96.1 Å². The van der Waals surface area contributed by atoms with Gasteiger partial charge in [-0.3, -0.25) is 4.79 Å². The van der Waals surface area contributed by atoms with Crippen LogP contribution in [0.25, 0.3) is 11.0 Å². The van der Waals surface area contributed by atoms with Gasteiger partial charge in [0.1, 0.15) is 23.0 Å². The number of aromatic nitrogens is 2. The minimum atomic E-state index is -0.450. The fourth-order valence-electron chi connectivity index (χ4n) is 2.68. The normalized spacial score (nSPS) is 10.5. The van der Waals surface area contributed by atoms with Crippen LogP contribution >= 0.6 is 0 Å². The highest BCUT2D eigenvalue weighted by Gasteiger charge is 2.07. The Bertz CT molecular complexity index is 1220. The quantitative estimate of drug-likeness (QED) is 0.478. The number of rotatable bonds is 4. The Balaban J connectivity index is 1.43. The molecule has 2 amide bonds. The number of ether oxygens (including phenoxy) is 1. The maximum absolute atomic E-state index is 12.9. The van der Waals surface area contributed by atoms with Gasteiger partial charge in [0.25, 0.3) is 0 Å². The number of urea groups is 1. The molecule has 144 valence electrons. The van der Waals surface area contributed by atoms with E-state index in [4.69, 9.17) is 4.74 Å². The van der Waals surface area contributed by atoms with E-state index in [0.717, 1.165) is 0 Å². The van der Waals surface area contributed by atoms with E-state index in [1.54, 1.807) is 42.6 Å². The number of H-pyrrole nitrogens is 1. The number of hydrogen-bond acceptors (Lipinski definition) is 4. The third-order valence-electron chi connectivity index (χ3n) is 4.04. The molecule has 4 aromatic rings. The summed E-state index contributed by atoms with van der Waals surface area (Å²) < 4.78 is 18.8. The summed E-state index contributed by atoms with van der Waals surface area (Å²) >= 11 is 0. The van der Waals surface area contributed by atoms with Crippen LogP contribution in [0.3, 0.4) is 0 Å². The molecule has 2 heterocycles. The second-order valence-corrected chi connectivity index (χ2v) is 6.11. The van der Waals surface area contributed by atoms with Crippen LogP contribution < -0.4 is 20.9 Å². The molecule has 0 radical (unpaired) electrons. The van der Waals surface area contributed by atoms with Crippen LogP contribution in [0.1, 0.15) is 0 Å². The Labute approximate surface area is 164 Å². The summed E-state index contributed by atoms with van der Waals surface area (Å²) in [7, 11) is 0. The van der Waals surface area contributed by atoms with E-state index in [-0.39, 0.29) is 11.4 Å². The fraction of sp³-hybridized carbons (Fsp3) is 0. The summed E-state index contributed by atoms with van der Waals surface area (Å²) in [5.41, 5.74) is 1.23. The smallest absolute Gasteiger partial charge is 0.323 e. The number of pyridine rings is 2. The van der Waals surface area contributed by atoms with Crippen LogP contribution in [0.4, 0.5) is 20.6 Å². The first-order chi connectivity index (χ1) is 14.1. The molecular formula is C21H15FN4O3. The van der Waals surface area contributed by atoms with Gasteiger partial charge in [0.2, 0.25) is 5.56 Å². The van der Waals surface area contributed by atoms with E-state index in [0.29, 0.717) is 33.9 Å². The number of nitrogens with one attached hydrogen (secondary N) is 3. The van der Waals surface area contributed by atoms with E-state index in [1.807, 2.05) is 0 Å². The number of carbonyl (C=O) groups is 1. The van der Waals surface area contributed by atoms with Crippen LogP contribution in [0.2, 0.25) is 0 Å². The van der Waals surface area contributed by atoms with Gasteiger partial charge < -0.3 is 20.4 Å². The largest absolute Gasteiger partial charge is 0.457 e. The Morgan fingerprint density at radius 2 is 1.55 bits per heavy atom. The zero-order valence-corrected chi connectivity index (χ0v) is 15.0. The highest BCUT2D eigenvalue weighted by atomic mass is 19.1. The number of amides is 2. The minimum absolute atomic E-state index is 0.239. The summed E-state index contributed by atoms with van der Waals surface area (Å²) in [4.78, 5) is 30.2. The summed E-state index contributed by atoms with van der Waals surface area (Å²) in [6.07, 6.45) is 1.54. The molecule has 0 aliphatic carbocycles. The van der Waals surface area contributed by atoms with Crippen molar-refractivity contribution >= 4 is 28.4 Å². The van der Waals surface area contributed by atoms with E-state index in [1.165, 1.54) is 30.3 Å². The van der Waals surface area contributed by atoms with Gasteiger partial charge in [0.15, 0.2) is 0 Å². The van der Waals surface area contributed by atoms with Crippen molar-refractivity contribution in [2.75, 3.05) is 10.6 Å². The van der Waals surface area contributed by atoms with Crippen molar-refractivity contribution in [1.29, 1.82) is 0 Å². The summed E-state index contributed by atoms with van der Waals surface area (Å²) in [5.74, 6) is 0.717. The van der Waals surface area contributed by atoms with Gasteiger partial charge in [-0.2, -0.15) is 0 Å². The number of benzene rings is 2. The molecule has 2 aromatic carbocycles. The molecule has 29 heavy (non-hydrogen) atoms. The lowest BCUT2D eigenvalue weighted by atomic mass is 10.2. The van der Waals surface area contributed by atoms with Gasteiger partial charge in [0.05, 0.1) is 5.39 Å². The standard InChI is InChI=1S/C21H15FN4O3/c22-13-1-3-14(4-2-13)24-21(28)25-15-5-7-16(8-6-15)29-18-11-12-23-20-17(18)9-10-19(27)26-20/h1-12H,(H,23,26,27)(H2,24,25,28). The van der Waals surface area contributed by atoms with Gasteiger partial charge in [-0.25, -0.2) is 14.2 Å². The molecule has 8 heteroatoms. The van der Waals surface area contributed by atoms with Crippen molar-refractivity contribution in [3.05, 3.63) is 89.1 Å². The van der Waals surface area contributed by atoms with Crippen molar-refractivity contribution in [1.82, 2.24) is 9.97 Å². The highest BCUT2D eigenvalue weighted by Crippen LogP contribution is 2.28. The number of aromatic amines is 1. The van der Waals surface area contributed by atoms with Crippen molar-refractivity contribution in [2.24, 2.45) is 0 Å². The van der Waals surface area contributed by atoms with Crippen LogP contribution in [0, 0.1) is 5.82 Å². The van der Waals surface area contributed by atoms with E-state index >= 15 is 0 Å². The monoisotopic (exact) mass is 390 g/mol. The van der Waals surface area contributed by atoms with Crippen LogP contribution in [-0.2, 0) is 0 Å². The van der Waals surface area contributed by atoms with Gasteiger partial charge in [-0.1, -0.05) is 0 Å². The van der Waals surface area contributed by atoms with Crippen molar-refractivity contribution in [3.8, 4) is 11.5 Å². The highest BCUT2D eigenvalue weighted by molar-refractivity contribution is 5.99. The van der Waals surface area contributed by atoms with Crippen LogP contribution in [-0.4, -0.2) is 16.0 Å². The molecule has 0 saturated heterocycles. The molecule has 0 atom stereocenters. The lowest BCUT2D eigenvalue weighted by molar-refractivity contribution is 0.262. The molecular weight excluding hydrogens is 375 g/mol. The fourth-order valence-corrected chi connectivity index (χ4v) is 2.68. The predicted molar refractivity (Wildman–Crippen MR) is 108 cm³/mol. The molecule has 0 bridgehead atoms. The molecule has 0 aliphatic heterocycles. The van der Waals surface area contributed by atoms with Gasteiger partial charge in [-0.05, 0) is 60.7 Å². The number of anilines is 2. The Morgan fingerprint density at radius 1 is 0.897 bits per heavy atom. The second-order valence-electron chi connectivity index (χ2n) is 6.11. The summed E-state index contributed by atoms with van der Waals surface area (Å²) in [6, 6.07) is 16.5. The van der Waals surface area contributed by atoms with Crippen molar-refractivity contribution in [3.63, 3.8) is 0 Å². The SMILES string of the molecule is O=C(Nc1ccc(F)cc1)Nc1ccc(Oc2ccnc3[nH]c(=O)ccc23)cc1. The summed E-state index contributed by atoms with van der Waals surface area (Å²) in [6.45, 7) is 0. The average molecular weight is 390 g/mol. The number of hydrogen-bond donors (Lipinski definition) is 3. The Morgan fingerprint density at radius 3 is 2.24 bits per heavy atom. The molecule has 0 unspecified atom stereocenters. The zero-order chi connectivity index (χ0) is 20.2. The molecule has 4 rings (SSSR count). The van der Waals surface area contributed by atoms with E-state index < -0.39 is 6.03 Å². The van der Waals surface area contributed by atoms with Gasteiger partial charge in [0, 0.05) is 23.6 Å². The van der Waals surface area contributed by atoms with Gasteiger partial charge in [-0.15, -0.1) is 0 Å². The lowest BCUT2D eigenvalue weighted by Gasteiger charge is -2.10. The average Bonchev–Trinajstić information content (AvgIpc) is 2.71. The molecule has 7 nitrogen and oxygen atoms in total. The number of carbonyl (C=O) groups excluding carboxylic acids is 1.